The molecule has 0 bridgehead atoms. The van der Waals surface area contributed by atoms with Crippen molar-refractivity contribution in [1.82, 2.24) is 4.98 Å². The van der Waals surface area contributed by atoms with E-state index in [1.165, 1.54) is 0 Å². The molecular formula is C14H15ClN2O. The maximum absolute atomic E-state index is 6.04. The van der Waals surface area contributed by atoms with Gasteiger partial charge in [-0.05, 0) is 18.6 Å². The van der Waals surface area contributed by atoms with Crippen LogP contribution in [0.1, 0.15) is 16.7 Å². The highest BCUT2D eigenvalue weighted by Gasteiger charge is 2.07. The molecule has 94 valence electrons. The van der Waals surface area contributed by atoms with E-state index in [0.29, 0.717) is 18.2 Å². The molecule has 1 aromatic carbocycles. The molecule has 2 aromatic rings. The third-order valence-electron chi connectivity index (χ3n) is 2.74. The van der Waals surface area contributed by atoms with Crippen molar-refractivity contribution >= 4 is 11.6 Å². The van der Waals surface area contributed by atoms with Crippen molar-refractivity contribution in [2.75, 3.05) is 0 Å². The smallest absolute Gasteiger partial charge is 0.127 e. The van der Waals surface area contributed by atoms with Gasteiger partial charge in [-0.1, -0.05) is 29.8 Å². The van der Waals surface area contributed by atoms with Gasteiger partial charge in [-0.2, -0.15) is 0 Å². The summed E-state index contributed by atoms with van der Waals surface area (Å²) in [4.78, 5) is 3.94. The zero-order valence-electron chi connectivity index (χ0n) is 10.2. The highest BCUT2D eigenvalue weighted by atomic mass is 35.5. The molecule has 0 aliphatic carbocycles. The van der Waals surface area contributed by atoms with Crippen LogP contribution in [0, 0.1) is 6.92 Å². The first-order valence-electron chi connectivity index (χ1n) is 5.72. The largest absolute Gasteiger partial charge is 0.488 e. The summed E-state index contributed by atoms with van der Waals surface area (Å²) in [6.45, 7) is 2.88. The van der Waals surface area contributed by atoms with E-state index in [4.69, 9.17) is 22.1 Å². The topological polar surface area (TPSA) is 48.1 Å². The number of pyridine rings is 1. The molecular weight excluding hydrogens is 248 g/mol. The Balaban J connectivity index is 2.18. The van der Waals surface area contributed by atoms with Crippen molar-refractivity contribution < 1.29 is 4.74 Å². The molecule has 0 unspecified atom stereocenters. The number of nitrogens with zero attached hydrogens (tertiary/aromatic N) is 1. The van der Waals surface area contributed by atoms with Crippen LogP contribution in [0.3, 0.4) is 0 Å². The molecule has 0 aliphatic heterocycles. The summed E-state index contributed by atoms with van der Waals surface area (Å²) in [6, 6.07) is 7.80. The van der Waals surface area contributed by atoms with Crippen LogP contribution in [0.2, 0.25) is 5.02 Å². The van der Waals surface area contributed by atoms with Crippen molar-refractivity contribution in [1.29, 1.82) is 0 Å². The Bertz CT molecular complexity index is 543. The fraction of sp³-hybridized carbons (Fsp3) is 0.214. The molecule has 1 aromatic heterocycles. The Morgan fingerprint density at radius 3 is 2.83 bits per heavy atom. The van der Waals surface area contributed by atoms with Gasteiger partial charge >= 0.3 is 0 Å². The van der Waals surface area contributed by atoms with Crippen LogP contribution in [-0.2, 0) is 13.2 Å². The second-order valence-corrected chi connectivity index (χ2v) is 4.43. The van der Waals surface area contributed by atoms with Gasteiger partial charge in [0.1, 0.15) is 12.4 Å². The highest BCUT2D eigenvalue weighted by Crippen LogP contribution is 2.25. The average Bonchev–Trinajstić information content (AvgIpc) is 2.39. The number of ether oxygens (including phenoxy) is 1. The van der Waals surface area contributed by atoms with Gasteiger partial charge in [0.2, 0.25) is 0 Å². The molecule has 2 N–H and O–H groups in total. The van der Waals surface area contributed by atoms with Gasteiger partial charge in [0, 0.05) is 30.1 Å². The van der Waals surface area contributed by atoms with Gasteiger partial charge < -0.3 is 10.5 Å². The Morgan fingerprint density at radius 2 is 2.11 bits per heavy atom. The van der Waals surface area contributed by atoms with Gasteiger partial charge in [-0.15, -0.1) is 0 Å². The number of nitrogens with two attached hydrogens (primary N) is 1. The van der Waals surface area contributed by atoms with E-state index in [-0.39, 0.29) is 0 Å². The minimum Gasteiger partial charge on any atom is -0.488 e. The number of aromatic nitrogens is 1. The number of aryl methyl sites for hydroxylation is 1. The summed E-state index contributed by atoms with van der Waals surface area (Å²) >= 11 is 6.04. The lowest BCUT2D eigenvalue weighted by Gasteiger charge is -2.13. The SMILES string of the molecule is Cc1cccc(CN)c1OCc1ccncc1Cl. The number of hydrogen-bond acceptors (Lipinski definition) is 3. The van der Waals surface area contributed by atoms with Crippen LogP contribution < -0.4 is 10.5 Å². The Morgan fingerprint density at radius 1 is 1.28 bits per heavy atom. The number of halogens is 1. The minimum atomic E-state index is 0.416. The zero-order valence-corrected chi connectivity index (χ0v) is 10.9. The van der Waals surface area contributed by atoms with Crippen molar-refractivity contribution in [2.24, 2.45) is 5.73 Å². The summed E-state index contributed by atoms with van der Waals surface area (Å²) < 4.78 is 5.83. The molecule has 0 fully saturated rings. The highest BCUT2D eigenvalue weighted by molar-refractivity contribution is 6.31. The van der Waals surface area contributed by atoms with E-state index in [1.54, 1.807) is 12.4 Å². The van der Waals surface area contributed by atoms with E-state index in [9.17, 15) is 0 Å². The van der Waals surface area contributed by atoms with E-state index >= 15 is 0 Å². The molecule has 0 amide bonds. The first-order valence-corrected chi connectivity index (χ1v) is 6.10. The van der Waals surface area contributed by atoms with Gasteiger partial charge in [0.05, 0.1) is 5.02 Å². The third kappa shape index (κ3) is 2.81. The van der Waals surface area contributed by atoms with Crippen molar-refractivity contribution in [3.63, 3.8) is 0 Å². The minimum absolute atomic E-state index is 0.416. The Kier molecular flexibility index (Phi) is 4.18. The van der Waals surface area contributed by atoms with Crippen LogP contribution in [0.15, 0.2) is 36.7 Å². The van der Waals surface area contributed by atoms with E-state index in [1.807, 2.05) is 31.2 Å². The fourth-order valence-corrected chi connectivity index (χ4v) is 1.93. The maximum atomic E-state index is 6.04. The molecule has 2 rings (SSSR count). The van der Waals surface area contributed by atoms with E-state index < -0.39 is 0 Å². The van der Waals surface area contributed by atoms with Gasteiger partial charge in [-0.3, -0.25) is 4.98 Å². The van der Waals surface area contributed by atoms with Crippen LogP contribution in [0.5, 0.6) is 5.75 Å². The molecule has 0 radical (unpaired) electrons. The summed E-state index contributed by atoms with van der Waals surface area (Å²) in [5.74, 6) is 0.841. The van der Waals surface area contributed by atoms with Crippen molar-refractivity contribution in [3.8, 4) is 5.75 Å². The third-order valence-corrected chi connectivity index (χ3v) is 3.08. The lowest BCUT2D eigenvalue weighted by Crippen LogP contribution is -2.04. The molecule has 18 heavy (non-hydrogen) atoms. The molecule has 0 saturated carbocycles. The summed E-state index contributed by atoms with van der Waals surface area (Å²) in [7, 11) is 0. The summed E-state index contributed by atoms with van der Waals surface area (Å²) in [5.41, 5.74) is 8.69. The average molecular weight is 263 g/mol. The second kappa shape index (κ2) is 5.85. The van der Waals surface area contributed by atoms with E-state index in [0.717, 1.165) is 22.4 Å². The lowest BCUT2D eigenvalue weighted by molar-refractivity contribution is 0.301. The number of benzene rings is 1. The summed E-state index contributed by atoms with van der Waals surface area (Å²) in [6.07, 6.45) is 3.31. The van der Waals surface area contributed by atoms with E-state index in [2.05, 4.69) is 4.98 Å². The molecule has 0 atom stereocenters. The summed E-state index contributed by atoms with van der Waals surface area (Å²) in [5, 5.41) is 0.611. The van der Waals surface area contributed by atoms with Crippen LogP contribution in [-0.4, -0.2) is 4.98 Å². The van der Waals surface area contributed by atoms with Gasteiger partial charge in [-0.25, -0.2) is 0 Å². The number of hydrogen-bond donors (Lipinski definition) is 1. The predicted molar refractivity (Wildman–Crippen MR) is 72.6 cm³/mol. The Labute approximate surface area is 112 Å². The fourth-order valence-electron chi connectivity index (χ4n) is 1.75. The first-order chi connectivity index (χ1) is 8.72. The molecule has 3 nitrogen and oxygen atoms in total. The second-order valence-electron chi connectivity index (χ2n) is 4.02. The predicted octanol–water partition coefficient (Wildman–Crippen LogP) is 3.08. The van der Waals surface area contributed by atoms with Crippen LogP contribution in [0.4, 0.5) is 0 Å². The normalized spacial score (nSPS) is 10.4. The lowest BCUT2D eigenvalue weighted by atomic mass is 10.1. The number of rotatable bonds is 4. The molecule has 0 aliphatic rings. The van der Waals surface area contributed by atoms with Crippen molar-refractivity contribution in [3.05, 3.63) is 58.4 Å². The van der Waals surface area contributed by atoms with Gasteiger partial charge in [0.25, 0.3) is 0 Å². The van der Waals surface area contributed by atoms with Gasteiger partial charge in [0.15, 0.2) is 0 Å². The quantitative estimate of drug-likeness (QED) is 0.921. The first kappa shape index (κ1) is 12.9. The van der Waals surface area contributed by atoms with Crippen LogP contribution in [0.25, 0.3) is 0 Å². The monoisotopic (exact) mass is 262 g/mol. The van der Waals surface area contributed by atoms with Crippen LogP contribution >= 0.6 is 11.6 Å². The molecule has 1 heterocycles. The molecule has 4 heteroatoms. The standard InChI is InChI=1S/C14H15ClN2O/c1-10-3-2-4-11(7-16)14(10)18-9-12-5-6-17-8-13(12)15/h2-6,8H,7,9,16H2,1H3. The maximum Gasteiger partial charge on any atom is 0.127 e. The number of para-hydroxylation sites is 1. The Hall–Kier alpha value is -1.58. The van der Waals surface area contributed by atoms with Crippen molar-refractivity contribution in [2.45, 2.75) is 20.1 Å². The molecule has 0 spiro atoms. The zero-order chi connectivity index (χ0) is 13.0. The molecule has 0 saturated heterocycles.